The fourth-order valence-electron chi connectivity index (χ4n) is 2.81. The van der Waals surface area contributed by atoms with E-state index in [1.54, 1.807) is 36.4 Å². The van der Waals surface area contributed by atoms with Crippen molar-refractivity contribution < 1.29 is 22.7 Å². The summed E-state index contributed by atoms with van der Waals surface area (Å²) in [6.45, 7) is 2.20. The van der Waals surface area contributed by atoms with Gasteiger partial charge >= 0.3 is 0 Å². The number of aryl methyl sites for hydroxylation is 1. The highest BCUT2D eigenvalue weighted by atomic mass is 35.5. The SMILES string of the molecule is CNS(=O)(=O)c1cccc(C(=O)NNC(=O)c2ccc(COc3ccc(Cl)c(C)c3)cc2)c1. The lowest BCUT2D eigenvalue weighted by Crippen LogP contribution is -2.41. The zero-order valence-corrected chi connectivity index (χ0v) is 19.5. The average molecular weight is 488 g/mol. The lowest BCUT2D eigenvalue weighted by atomic mass is 10.1. The summed E-state index contributed by atoms with van der Waals surface area (Å²) >= 11 is 6.01. The highest BCUT2D eigenvalue weighted by Crippen LogP contribution is 2.22. The van der Waals surface area contributed by atoms with Crippen LogP contribution >= 0.6 is 11.6 Å². The molecule has 3 aromatic carbocycles. The van der Waals surface area contributed by atoms with Gasteiger partial charge in [0, 0.05) is 16.1 Å². The van der Waals surface area contributed by atoms with Crippen LogP contribution in [0.3, 0.4) is 0 Å². The largest absolute Gasteiger partial charge is 0.489 e. The first-order chi connectivity index (χ1) is 15.7. The van der Waals surface area contributed by atoms with Gasteiger partial charge in [-0.05, 0) is 73.6 Å². The standard InChI is InChI=1S/C23H22ClN3O5S/c1-15-12-19(10-11-21(15)24)32-14-16-6-8-17(9-7-16)22(28)26-27-23(29)18-4-3-5-20(13-18)33(30,31)25-2/h3-13,25H,14H2,1-2H3,(H,26,28)(H,27,29). The van der Waals surface area contributed by atoms with Gasteiger partial charge in [0.15, 0.2) is 0 Å². The van der Waals surface area contributed by atoms with Gasteiger partial charge < -0.3 is 4.74 Å². The number of sulfonamides is 1. The van der Waals surface area contributed by atoms with Crippen molar-refractivity contribution in [3.8, 4) is 5.75 Å². The molecule has 0 fully saturated rings. The molecular weight excluding hydrogens is 466 g/mol. The number of hydrazine groups is 1. The van der Waals surface area contributed by atoms with E-state index in [9.17, 15) is 18.0 Å². The number of hydrogen-bond donors (Lipinski definition) is 3. The number of rotatable bonds is 7. The van der Waals surface area contributed by atoms with E-state index in [1.165, 1.54) is 31.3 Å². The Balaban J connectivity index is 1.56. The number of hydrogen-bond acceptors (Lipinski definition) is 5. The Morgan fingerprint density at radius 2 is 1.58 bits per heavy atom. The highest BCUT2D eigenvalue weighted by molar-refractivity contribution is 7.89. The van der Waals surface area contributed by atoms with Crippen molar-refractivity contribution in [3.05, 3.63) is 94.0 Å². The third kappa shape index (κ3) is 6.32. The topological polar surface area (TPSA) is 114 Å². The van der Waals surface area contributed by atoms with E-state index >= 15 is 0 Å². The molecule has 0 bridgehead atoms. The summed E-state index contributed by atoms with van der Waals surface area (Å²) in [5.41, 5.74) is 6.76. The third-order valence-electron chi connectivity index (χ3n) is 4.72. The van der Waals surface area contributed by atoms with Gasteiger partial charge in [-0.1, -0.05) is 29.8 Å². The molecule has 0 aliphatic rings. The quantitative estimate of drug-likeness (QED) is 0.443. The van der Waals surface area contributed by atoms with E-state index in [0.29, 0.717) is 22.9 Å². The van der Waals surface area contributed by atoms with Crippen LogP contribution in [0.1, 0.15) is 31.8 Å². The molecule has 0 unspecified atom stereocenters. The number of nitrogens with one attached hydrogen (secondary N) is 3. The zero-order chi connectivity index (χ0) is 24.0. The monoisotopic (exact) mass is 487 g/mol. The molecular formula is C23H22ClN3O5S. The molecule has 3 N–H and O–H groups in total. The van der Waals surface area contributed by atoms with Gasteiger partial charge in [0.05, 0.1) is 4.90 Å². The predicted molar refractivity (Wildman–Crippen MR) is 125 cm³/mol. The molecule has 0 aromatic heterocycles. The number of ether oxygens (including phenoxy) is 1. The summed E-state index contributed by atoms with van der Waals surface area (Å²) in [4.78, 5) is 24.6. The molecule has 0 radical (unpaired) electrons. The third-order valence-corrected chi connectivity index (χ3v) is 6.55. The van der Waals surface area contributed by atoms with E-state index in [4.69, 9.17) is 16.3 Å². The first kappa shape index (κ1) is 24.2. The lowest BCUT2D eigenvalue weighted by Gasteiger charge is -2.10. The fraction of sp³-hybridized carbons (Fsp3) is 0.130. The number of halogens is 1. The normalized spacial score (nSPS) is 11.0. The van der Waals surface area contributed by atoms with Crippen LogP contribution in [0, 0.1) is 6.92 Å². The number of benzene rings is 3. The summed E-state index contributed by atoms with van der Waals surface area (Å²) in [5.74, 6) is -0.490. The summed E-state index contributed by atoms with van der Waals surface area (Å²) in [6, 6.07) is 17.5. The van der Waals surface area contributed by atoms with E-state index in [1.807, 2.05) is 13.0 Å². The molecule has 10 heteroatoms. The molecule has 0 aliphatic heterocycles. The van der Waals surface area contributed by atoms with E-state index in [-0.39, 0.29) is 10.5 Å². The Morgan fingerprint density at radius 3 is 2.21 bits per heavy atom. The van der Waals surface area contributed by atoms with Crippen LogP contribution in [-0.2, 0) is 16.6 Å². The van der Waals surface area contributed by atoms with Gasteiger partial charge in [-0.25, -0.2) is 13.1 Å². The second-order valence-electron chi connectivity index (χ2n) is 7.04. The van der Waals surface area contributed by atoms with Gasteiger partial charge in [0.1, 0.15) is 12.4 Å². The van der Waals surface area contributed by atoms with Crippen molar-refractivity contribution >= 4 is 33.4 Å². The molecule has 172 valence electrons. The maximum absolute atomic E-state index is 12.3. The zero-order valence-electron chi connectivity index (χ0n) is 17.9. The highest BCUT2D eigenvalue weighted by Gasteiger charge is 2.15. The molecule has 3 aromatic rings. The summed E-state index contributed by atoms with van der Waals surface area (Å²) in [7, 11) is -2.42. The summed E-state index contributed by atoms with van der Waals surface area (Å²) in [6.07, 6.45) is 0. The maximum atomic E-state index is 12.3. The number of carbonyl (C=O) groups is 2. The molecule has 33 heavy (non-hydrogen) atoms. The summed E-state index contributed by atoms with van der Waals surface area (Å²) < 4.78 is 31.7. The summed E-state index contributed by atoms with van der Waals surface area (Å²) in [5, 5.41) is 0.667. The predicted octanol–water partition coefficient (Wildman–Crippen LogP) is 3.21. The van der Waals surface area contributed by atoms with Crippen molar-refractivity contribution in [2.75, 3.05) is 7.05 Å². The minimum atomic E-state index is -3.69. The molecule has 3 rings (SSSR count). The van der Waals surface area contributed by atoms with Crippen molar-refractivity contribution in [2.45, 2.75) is 18.4 Å². The van der Waals surface area contributed by atoms with Crippen LogP contribution in [0.2, 0.25) is 5.02 Å². The minimum Gasteiger partial charge on any atom is -0.489 e. The molecule has 2 amide bonds. The van der Waals surface area contributed by atoms with Crippen molar-refractivity contribution in [2.24, 2.45) is 0 Å². The van der Waals surface area contributed by atoms with E-state index in [2.05, 4.69) is 15.6 Å². The molecule has 0 atom stereocenters. The lowest BCUT2D eigenvalue weighted by molar-refractivity contribution is 0.0846. The Kier molecular flexibility index (Phi) is 7.70. The molecule has 0 spiro atoms. The first-order valence-electron chi connectivity index (χ1n) is 9.82. The van der Waals surface area contributed by atoms with Gasteiger partial charge in [0.25, 0.3) is 11.8 Å². The number of amides is 2. The Morgan fingerprint density at radius 1 is 0.909 bits per heavy atom. The number of carbonyl (C=O) groups excluding carboxylic acids is 2. The Hall–Kier alpha value is -3.40. The molecule has 0 aliphatic carbocycles. The van der Waals surface area contributed by atoms with Crippen molar-refractivity contribution in [3.63, 3.8) is 0 Å². The molecule has 0 heterocycles. The Labute approximate surface area is 196 Å². The second-order valence-corrected chi connectivity index (χ2v) is 9.33. The maximum Gasteiger partial charge on any atom is 0.269 e. The van der Waals surface area contributed by atoms with Gasteiger partial charge in [-0.3, -0.25) is 20.4 Å². The molecule has 0 saturated heterocycles. The van der Waals surface area contributed by atoms with Gasteiger partial charge in [-0.2, -0.15) is 0 Å². The van der Waals surface area contributed by atoms with Crippen LogP contribution in [0.4, 0.5) is 0 Å². The average Bonchev–Trinajstić information content (AvgIpc) is 2.83. The first-order valence-corrected chi connectivity index (χ1v) is 11.7. The van der Waals surface area contributed by atoms with Gasteiger partial charge in [0.2, 0.25) is 10.0 Å². The van der Waals surface area contributed by atoms with Crippen LogP contribution < -0.4 is 20.3 Å². The van der Waals surface area contributed by atoms with Crippen molar-refractivity contribution in [1.82, 2.24) is 15.6 Å². The fourth-order valence-corrected chi connectivity index (χ4v) is 3.70. The molecule has 0 saturated carbocycles. The second kappa shape index (κ2) is 10.5. The van der Waals surface area contributed by atoms with Crippen LogP contribution in [-0.4, -0.2) is 27.3 Å². The van der Waals surface area contributed by atoms with Crippen molar-refractivity contribution in [1.29, 1.82) is 0 Å². The van der Waals surface area contributed by atoms with Crippen LogP contribution in [0.5, 0.6) is 5.75 Å². The molecule has 8 nitrogen and oxygen atoms in total. The Bertz CT molecular complexity index is 1280. The van der Waals surface area contributed by atoms with E-state index < -0.39 is 21.8 Å². The van der Waals surface area contributed by atoms with Crippen LogP contribution in [0.15, 0.2) is 71.6 Å². The van der Waals surface area contributed by atoms with Gasteiger partial charge in [-0.15, -0.1) is 0 Å². The minimum absolute atomic E-state index is 0.0597. The van der Waals surface area contributed by atoms with Crippen LogP contribution in [0.25, 0.3) is 0 Å². The smallest absolute Gasteiger partial charge is 0.269 e. The van der Waals surface area contributed by atoms with E-state index in [0.717, 1.165) is 11.1 Å².